The lowest BCUT2D eigenvalue weighted by atomic mass is 9.97. The van der Waals surface area contributed by atoms with Crippen molar-refractivity contribution in [1.29, 1.82) is 5.26 Å². The lowest BCUT2D eigenvalue weighted by Gasteiger charge is -2.33. The summed E-state index contributed by atoms with van der Waals surface area (Å²) in [6.07, 6.45) is 5.76. The predicted octanol–water partition coefficient (Wildman–Crippen LogP) is 4.70. The molecule has 2 amide bonds. The number of fused-ring (bicyclic) bond motifs is 1. The van der Waals surface area contributed by atoms with E-state index in [1.54, 1.807) is 29.6 Å². The minimum absolute atomic E-state index is 0.108. The molecule has 4 aromatic rings. The highest BCUT2D eigenvalue weighted by Crippen LogP contribution is 2.23. The number of esters is 1. The number of rotatable bonds is 14. The Bertz CT molecular complexity index is 1760. The minimum Gasteiger partial charge on any atom is -0.467 e. The van der Waals surface area contributed by atoms with Gasteiger partial charge in [-0.25, -0.2) is 9.78 Å². The van der Waals surface area contributed by atoms with E-state index in [1.807, 2.05) is 34.9 Å². The standard InChI is InChI=1S/C38H44N6O4/c1-4-27(2)34(41-36(45)19-32-21-40-26-43(32)22-29-16-14-28(20-39)15-17-29)24-42(23-31-11-7-10-30-9-5-6-12-33(30)31)25-37(46)44-18-8-13-35(44)38(47)48-3/h5-7,9-12,14-17,21,26-27,34-35H,4,8,13,18-19,22-25H2,1-3H3,(H,41,45)/t27-,34+,35-/m0/s1. The molecular weight excluding hydrogens is 604 g/mol. The Labute approximate surface area is 282 Å². The van der Waals surface area contributed by atoms with Crippen LogP contribution in [0.1, 0.15) is 55.5 Å². The maximum Gasteiger partial charge on any atom is 0.328 e. The van der Waals surface area contributed by atoms with E-state index in [2.05, 4.69) is 59.4 Å². The van der Waals surface area contributed by atoms with Gasteiger partial charge in [-0.1, -0.05) is 74.9 Å². The van der Waals surface area contributed by atoms with Crippen LogP contribution >= 0.6 is 0 Å². The van der Waals surface area contributed by atoms with Crippen molar-refractivity contribution in [3.63, 3.8) is 0 Å². The van der Waals surface area contributed by atoms with Gasteiger partial charge in [-0.05, 0) is 52.8 Å². The Hall–Kier alpha value is -5.01. The smallest absolute Gasteiger partial charge is 0.328 e. The zero-order valence-corrected chi connectivity index (χ0v) is 28.0. The topological polar surface area (TPSA) is 121 Å². The van der Waals surface area contributed by atoms with Crippen molar-refractivity contribution in [3.05, 3.63) is 102 Å². The number of hydrogen-bond donors (Lipinski definition) is 1. The fourth-order valence-electron chi connectivity index (χ4n) is 6.46. The summed E-state index contributed by atoms with van der Waals surface area (Å²) < 4.78 is 6.94. The zero-order valence-electron chi connectivity index (χ0n) is 28.0. The average molecular weight is 649 g/mol. The Morgan fingerprint density at radius 3 is 2.62 bits per heavy atom. The van der Waals surface area contributed by atoms with Gasteiger partial charge in [0.2, 0.25) is 11.8 Å². The second kappa shape index (κ2) is 16.2. The van der Waals surface area contributed by atoms with Gasteiger partial charge in [-0.2, -0.15) is 5.26 Å². The van der Waals surface area contributed by atoms with E-state index in [0.29, 0.717) is 38.2 Å². The van der Waals surface area contributed by atoms with Crippen molar-refractivity contribution in [2.24, 2.45) is 5.92 Å². The number of imidazole rings is 1. The highest BCUT2D eigenvalue weighted by molar-refractivity contribution is 5.87. The molecule has 1 fully saturated rings. The zero-order chi connectivity index (χ0) is 34.0. The molecule has 5 rings (SSSR count). The fraction of sp³-hybridized carbons (Fsp3) is 0.395. The number of carbonyl (C=O) groups excluding carboxylic acids is 3. The number of nitriles is 1. The number of amides is 2. The molecular formula is C38H44N6O4. The van der Waals surface area contributed by atoms with Gasteiger partial charge in [0, 0.05) is 44.1 Å². The van der Waals surface area contributed by atoms with E-state index >= 15 is 0 Å². The number of methoxy groups -OCH3 is 1. The van der Waals surface area contributed by atoms with Crippen LogP contribution in [0.25, 0.3) is 10.8 Å². The normalized spacial score (nSPS) is 15.6. The number of benzene rings is 3. The largest absolute Gasteiger partial charge is 0.467 e. The SMILES string of the molecule is CC[C@H](C)[C@@H](CN(CC(=O)N1CCC[C@H]1C(=O)OC)Cc1cccc2ccccc12)NC(=O)Cc1cncn1Cc1ccc(C#N)cc1. The van der Waals surface area contributed by atoms with Gasteiger partial charge in [-0.3, -0.25) is 14.5 Å². The molecule has 10 heteroatoms. The first-order valence-corrected chi connectivity index (χ1v) is 16.6. The van der Waals surface area contributed by atoms with E-state index in [9.17, 15) is 14.4 Å². The van der Waals surface area contributed by atoms with Gasteiger partial charge in [-0.15, -0.1) is 0 Å². The molecule has 1 saturated heterocycles. The van der Waals surface area contributed by atoms with Crippen LogP contribution in [0.4, 0.5) is 0 Å². The summed E-state index contributed by atoms with van der Waals surface area (Å²) in [5.74, 6) is -0.491. The van der Waals surface area contributed by atoms with Crippen LogP contribution in [0.3, 0.4) is 0 Å². The number of carbonyl (C=O) groups is 3. The molecule has 0 radical (unpaired) electrons. The number of hydrogen-bond acceptors (Lipinski definition) is 7. The molecule has 0 saturated carbocycles. The first-order valence-electron chi connectivity index (χ1n) is 16.6. The maximum atomic E-state index is 13.8. The first-order chi connectivity index (χ1) is 23.3. The van der Waals surface area contributed by atoms with E-state index in [1.165, 1.54) is 7.11 Å². The van der Waals surface area contributed by atoms with Crippen LogP contribution in [0.15, 0.2) is 79.3 Å². The minimum atomic E-state index is -0.568. The van der Waals surface area contributed by atoms with Crippen molar-refractivity contribution in [1.82, 2.24) is 24.7 Å². The molecule has 0 spiro atoms. The molecule has 3 atom stereocenters. The summed E-state index contributed by atoms with van der Waals surface area (Å²) in [6, 6.07) is 23.1. The van der Waals surface area contributed by atoms with E-state index < -0.39 is 6.04 Å². The predicted molar refractivity (Wildman–Crippen MR) is 184 cm³/mol. The quantitative estimate of drug-likeness (QED) is 0.197. The van der Waals surface area contributed by atoms with Gasteiger partial charge in [0.25, 0.3) is 0 Å². The van der Waals surface area contributed by atoms with Gasteiger partial charge < -0.3 is 19.5 Å². The number of aromatic nitrogens is 2. The third-order valence-corrected chi connectivity index (χ3v) is 9.39. The molecule has 250 valence electrons. The van der Waals surface area contributed by atoms with Crippen LogP contribution in [0, 0.1) is 17.2 Å². The summed E-state index contributed by atoms with van der Waals surface area (Å²) in [7, 11) is 1.36. The van der Waals surface area contributed by atoms with Crippen LogP contribution in [0.5, 0.6) is 0 Å². The molecule has 3 aromatic carbocycles. The van der Waals surface area contributed by atoms with Crippen LogP contribution < -0.4 is 5.32 Å². The van der Waals surface area contributed by atoms with Crippen molar-refractivity contribution in [2.75, 3.05) is 26.7 Å². The molecule has 1 aliphatic rings. The molecule has 0 unspecified atom stereocenters. The van der Waals surface area contributed by atoms with Crippen molar-refractivity contribution in [3.8, 4) is 6.07 Å². The molecule has 1 aromatic heterocycles. The fourth-order valence-corrected chi connectivity index (χ4v) is 6.46. The maximum absolute atomic E-state index is 13.8. The average Bonchev–Trinajstić information content (AvgIpc) is 3.77. The number of ether oxygens (including phenoxy) is 1. The summed E-state index contributed by atoms with van der Waals surface area (Å²) in [4.78, 5) is 47.9. The van der Waals surface area contributed by atoms with Gasteiger partial charge in [0.05, 0.1) is 38.0 Å². The number of nitrogens with zero attached hydrogens (tertiary/aromatic N) is 5. The van der Waals surface area contributed by atoms with Crippen LogP contribution in [-0.2, 0) is 38.6 Å². The third kappa shape index (κ3) is 8.47. The highest BCUT2D eigenvalue weighted by Gasteiger charge is 2.36. The second-order valence-electron chi connectivity index (χ2n) is 12.6. The van der Waals surface area contributed by atoms with Gasteiger partial charge >= 0.3 is 5.97 Å². The summed E-state index contributed by atoms with van der Waals surface area (Å²) in [5, 5.41) is 14.6. The van der Waals surface area contributed by atoms with E-state index in [-0.39, 0.29) is 42.7 Å². The van der Waals surface area contributed by atoms with E-state index in [4.69, 9.17) is 10.00 Å². The number of likely N-dealkylation sites (tertiary alicyclic amines) is 1. The lowest BCUT2D eigenvalue weighted by Crippen LogP contribution is -2.51. The Kier molecular flexibility index (Phi) is 11.6. The molecule has 0 aliphatic carbocycles. The van der Waals surface area contributed by atoms with Gasteiger partial charge in [0.1, 0.15) is 6.04 Å². The Balaban J connectivity index is 1.34. The van der Waals surface area contributed by atoms with Crippen LogP contribution in [-0.4, -0.2) is 76.0 Å². The number of nitrogens with one attached hydrogen (secondary N) is 1. The Morgan fingerprint density at radius 2 is 1.88 bits per heavy atom. The van der Waals surface area contributed by atoms with E-state index in [0.717, 1.165) is 40.4 Å². The molecule has 2 heterocycles. The lowest BCUT2D eigenvalue weighted by molar-refractivity contribution is -0.151. The molecule has 0 bridgehead atoms. The van der Waals surface area contributed by atoms with Crippen molar-refractivity contribution < 1.29 is 19.1 Å². The Morgan fingerprint density at radius 1 is 1.10 bits per heavy atom. The second-order valence-corrected chi connectivity index (χ2v) is 12.6. The molecule has 48 heavy (non-hydrogen) atoms. The van der Waals surface area contributed by atoms with Crippen LogP contribution in [0.2, 0.25) is 0 Å². The first kappa shape index (κ1) is 34.3. The van der Waals surface area contributed by atoms with Crippen molar-refractivity contribution in [2.45, 2.75) is 64.7 Å². The summed E-state index contributed by atoms with van der Waals surface area (Å²) >= 11 is 0. The highest BCUT2D eigenvalue weighted by atomic mass is 16.5. The third-order valence-electron chi connectivity index (χ3n) is 9.39. The summed E-state index contributed by atoms with van der Waals surface area (Å²) in [5.41, 5.74) is 3.48. The van der Waals surface area contributed by atoms with Crippen molar-refractivity contribution >= 4 is 28.6 Å². The summed E-state index contributed by atoms with van der Waals surface area (Å²) in [6.45, 7) is 6.33. The monoisotopic (exact) mass is 648 g/mol. The molecule has 1 aliphatic heterocycles. The molecule has 1 N–H and O–H groups in total. The van der Waals surface area contributed by atoms with Gasteiger partial charge in [0.15, 0.2) is 0 Å². The molecule has 10 nitrogen and oxygen atoms in total.